The molecule has 0 aromatic heterocycles. The van der Waals surface area contributed by atoms with Gasteiger partial charge in [-0.1, -0.05) is 49.3 Å². The maximum Gasteiger partial charge on any atom is 0.104 e. The molecule has 0 spiro atoms. The lowest BCUT2D eigenvalue weighted by atomic mass is 10.0. The number of aliphatic hydroxyl groups is 1. The van der Waals surface area contributed by atoms with Crippen LogP contribution in [0, 0.1) is 11.8 Å². The van der Waals surface area contributed by atoms with Crippen molar-refractivity contribution in [2.75, 3.05) is 19.7 Å². The quantitative estimate of drug-likeness (QED) is 0.824. The summed E-state index contributed by atoms with van der Waals surface area (Å²) in [6, 6.07) is 8.28. The summed E-state index contributed by atoms with van der Waals surface area (Å²) in [6.07, 6.45) is 6.74. The number of hydrogen-bond acceptors (Lipinski definition) is 2. The SMILES string of the molecule is OCC#Cc1ccccc1CN1CCCCCCC1. The van der Waals surface area contributed by atoms with Gasteiger partial charge >= 0.3 is 0 Å². The summed E-state index contributed by atoms with van der Waals surface area (Å²) in [5.41, 5.74) is 2.34. The van der Waals surface area contributed by atoms with Gasteiger partial charge in [-0.25, -0.2) is 0 Å². The van der Waals surface area contributed by atoms with E-state index in [1.165, 1.54) is 50.8 Å². The van der Waals surface area contributed by atoms with Crippen LogP contribution in [-0.2, 0) is 6.54 Å². The normalized spacial score (nSPS) is 17.1. The zero-order valence-electron chi connectivity index (χ0n) is 11.6. The molecule has 1 saturated heterocycles. The summed E-state index contributed by atoms with van der Waals surface area (Å²) in [6.45, 7) is 3.30. The van der Waals surface area contributed by atoms with E-state index in [4.69, 9.17) is 5.11 Å². The van der Waals surface area contributed by atoms with Gasteiger partial charge < -0.3 is 5.11 Å². The Morgan fingerprint density at radius 2 is 1.68 bits per heavy atom. The highest BCUT2D eigenvalue weighted by Gasteiger charge is 2.10. The van der Waals surface area contributed by atoms with Gasteiger partial charge in [0, 0.05) is 12.1 Å². The van der Waals surface area contributed by atoms with Crippen LogP contribution in [0.2, 0.25) is 0 Å². The van der Waals surface area contributed by atoms with Gasteiger partial charge in [0.15, 0.2) is 0 Å². The highest BCUT2D eigenvalue weighted by Crippen LogP contribution is 2.15. The van der Waals surface area contributed by atoms with E-state index in [9.17, 15) is 0 Å². The van der Waals surface area contributed by atoms with Crippen LogP contribution in [0.5, 0.6) is 0 Å². The molecule has 1 N–H and O–H groups in total. The van der Waals surface area contributed by atoms with Crippen molar-refractivity contribution in [1.29, 1.82) is 0 Å². The van der Waals surface area contributed by atoms with Crippen molar-refractivity contribution < 1.29 is 5.11 Å². The first-order valence-electron chi connectivity index (χ1n) is 7.30. The topological polar surface area (TPSA) is 23.5 Å². The van der Waals surface area contributed by atoms with Crippen molar-refractivity contribution in [2.24, 2.45) is 0 Å². The summed E-state index contributed by atoms with van der Waals surface area (Å²) < 4.78 is 0. The molecule has 2 heteroatoms. The van der Waals surface area contributed by atoms with Crippen LogP contribution in [0.15, 0.2) is 24.3 Å². The third kappa shape index (κ3) is 4.70. The Morgan fingerprint density at radius 3 is 2.42 bits per heavy atom. The monoisotopic (exact) mass is 257 g/mol. The molecule has 0 unspecified atom stereocenters. The molecule has 1 aromatic rings. The molecule has 102 valence electrons. The number of rotatable bonds is 2. The largest absolute Gasteiger partial charge is 0.384 e. The van der Waals surface area contributed by atoms with E-state index in [1.807, 2.05) is 12.1 Å². The molecule has 0 aliphatic carbocycles. The van der Waals surface area contributed by atoms with Gasteiger partial charge in [-0.3, -0.25) is 4.90 Å². The molecule has 19 heavy (non-hydrogen) atoms. The smallest absolute Gasteiger partial charge is 0.104 e. The van der Waals surface area contributed by atoms with E-state index in [1.54, 1.807) is 0 Å². The van der Waals surface area contributed by atoms with E-state index in [0.29, 0.717) is 0 Å². The fraction of sp³-hybridized carbons (Fsp3) is 0.529. The minimum atomic E-state index is -0.0714. The fourth-order valence-electron chi connectivity index (χ4n) is 2.63. The van der Waals surface area contributed by atoms with Gasteiger partial charge in [-0.2, -0.15) is 0 Å². The first-order valence-corrected chi connectivity index (χ1v) is 7.30. The van der Waals surface area contributed by atoms with E-state index in [2.05, 4.69) is 28.9 Å². The zero-order valence-corrected chi connectivity index (χ0v) is 11.6. The number of likely N-dealkylation sites (tertiary alicyclic amines) is 1. The number of benzene rings is 1. The first-order chi connectivity index (χ1) is 9.40. The molecule has 1 aliphatic rings. The Morgan fingerprint density at radius 1 is 1.00 bits per heavy atom. The van der Waals surface area contributed by atoms with E-state index < -0.39 is 0 Å². The fourth-order valence-corrected chi connectivity index (χ4v) is 2.63. The predicted octanol–water partition coefficient (Wildman–Crippen LogP) is 2.80. The van der Waals surface area contributed by atoms with Crippen molar-refractivity contribution in [2.45, 2.75) is 38.6 Å². The van der Waals surface area contributed by atoms with Gasteiger partial charge in [0.2, 0.25) is 0 Å². The molecular weight excluding hydrogens is 234 g/mol. The minimum Gasteiger partial charge on any atom is -0.384 e. The van der Waals surface area contributed by atoms with Crippen LogP contribution < -0.4 is 0 Å². The maximum absolute atomic E-state index is 8.82. The summed E-state index contributed by atoms with van der Waals surface area (Å²) in [4.78, 5) is 2.54. The molecule has 1 aliphatic heterocycles. The van der Waals surface area contributed by atoms with Crippen molar-refractivity contribution in [3.8, 4) is 11.8 Å². The van der Waals surface area contributed by atoms with Gasteiger partial charge in [0.1, 0.15) is 6.61 Å². The van der Waals surface area contributed by atoms with Crippen molar-refractivity contribution >= 4 is 0 Å². The number of aliphatic hydroxyl groups excluding tert-OH is 1. The van der Waals surface area contributed by atoms with Gasteiger partial charge in [0.25, 0.3) is 0 Å². The summed E-state index contributed by atoms with van der Waals surface area (Å²) in [5.74, 6) is 5.81. The van der Waals surface area contributed by atoms with Crippen molar-refractivity contribution in [3.63, 3.8) is 0 Å². The standard InChI is InChI=1S/C17H23NO/c19-14-8-11-16-9-4-5-10-17(16)15-18-12-6-2-1-3-7-13-18/h4-5,9-10,19H,1-3,6-7,12-15H2. The minimum absolute atomic E-state index is 0.0714. The summed E-state index contributed by atoms with van der Waals surface area (Å²) in [5, 5.41) is 8.82. The maximum atomic E-state index is 8.82. The first kappa shape index (κ1) is 14.1. The van der Waals surface area contributed by atoms with Crippen molar-refractivity contribution in [1.82, 2.24) is 4.90 Å². The molecule has 0 amide bonds. The Labute approximate surface area is 116 Å². The second-order valence-electron chi connectivity index (χ2n) is 5.16. The molecule has 2 rings (SSSR count). The molecule has 0 bridgehead atoms. The van der Waals surface area contributed by atoms with Crippen LogP contribution in [-0.4, -0.2) is 29.7 Å². The average molecular weight is 257 g/mol. The Kier molecular flexibility index (Phi) is 5.94. The van der Waals surface area contributed by atoms with E-state index in [-0.39, 0.29) is 6.61 Å². The number of nitrogens with zero attached hydrogens (tertiary/aromatic N) is 1. The van der Waals surface area contributed by atoms with Crippen LogP contribution in [0.1, 0.15) is 43.2 Å². The molecule has 1 aromatic carbocycles. The Bertz CT molecular complexity index is 436. The van der Waals surface area contributed by atoms with Crippen LogP contribution in [0.4, 0.5) is 0 Å². The zero-order chi connectivity index (χ0) is 13.3. The molecule has 1 fully saturated rings. The Hall–Kier alpha value is -1.30. The van der Waals surface area contributed by atoms with Gasteiger partial charge in [-0.15, -0.1) is 0 Å². The highest BCUT2D eigenvalue weighted by atomic mass is 16.2. The second kappa shape index (κ2) is 7.99. The molecule has 0 atom stereocenters. The summed E-state index contributed by atoms with van der Waals surface area (Å²) >= 11 is 0. The van der Waals surface area contributed by atoms with Crippen molar-refractivity contribution in [3.05, 3.63) is 35.4 Å². The van der Waals surface area contributed by atoms with E-state index in [0.717, 1.165) is 12.1 Å². The molecule has 0 radical (unpaired) electrons. The van der Waals surface area contributed by atoms with Crippen LogP contribution in [0.25, 0.3) is 0 Å². The number of hydrogen-bond donors (Lipinski definition) is 1. The lowest BCUT2D eigenvalue weighted by Gasteiger charge is -2.25. The molecule has 1 heterocycles. The molecule has 2 nitrogen and oxygen atoms in total. The molecular formula is C17H23NO. The van der Waals surface area contributed by atoms with Gasteiger partial charge in [-0.05, 0) is 37.6 Å². The summed E-state index contributed by atoms with van der Waals surface area (Å²) in [7, 11) is 0. The lowest BCUT2D eigenvalue weighted by molar-refractivity contribution is 0.239. The predicted molar refractivity (Wildman–Crippen MR) is 78.8 cm³/mol. The molecule has 0 saturated carbocycles. The highest BCUT2D eigenvalue weighted by molar-refractivity contribution is 5.41. The van der Waals surface area contributed by atoms with Crippen LogP contribution >= 0.6 is 0 Å². The third-order valence-electron chi connectivity index (χ3n) is 3.66. The third-order valence-corrected chi connectivity index (χ3v) is 3.66. The van der Waals surface area contributed by atoms with E-state index >= 15 is 0 Å². The van der Waals surface area contributed by atoms with Crippen LogP contribution in [0.3, 0.4) is 0 Å². The lowest BCUT2D eigenvalue weighted by Crippen LogP contribution is -2.27. The van der Waals surface area contributed by atoms with Gasteiger partial charge in [0.05, 0.1) is 0 Å². The Balaban J connectivity index is 2.04. The second-order valence-corrected chi connectivity index (χ2v) is 5.16. The average Bonchev–Trinajstić information content (AvgIpc) is 2.40.